The number of hydrogen-bond donors (Lipinski definition) is 7. The van der Waals surface area contributed by atoms with Gasteiger partial charge >= 0.3 is 11.9 Å². The van der Waals surface area contributed by atoms with E-state index in [0.717, 1.165) is 0 Å². The molecule has 0 aliphatic carbocycles. The zero-order valence-electron chi connectivity index (χ0n) is 20.0. The van der Waals surface area contributed by atoms with Crippen LogP contribution < -0.4 is 27.4 Å². The molecule has 0 saturated carbocycles. The molecule has 0 aromatic rings. The number of primary amides is 1. The first-order chi connectivity index (χ1) is 15.7. The lowest BCUT2D eigenvalue weighted by Gasteiger charge is -2.26. The molecule has 13 heteroatoms. The Hall–Kier alpha value is -3.22. The lowest BCUT2D eigenvalue weighted by atomic mass is 9.98. The molecule has 0 saturated heterocycles. The summed E-state index contributed by atoms with van der Waals surface area (Å²) in [7, 11) is 0. The Morgan fingerprint density at radius 1 is 0.853 bits per heavy atom. The van der Waals surface area contributed by atoms with Crippen LogP contribution in [0, 0.1) is 11.8 Å². The summed E-state index contributed by atoms with van der Waals surface area (Å²) in [5.74, 6) is -6.38. The number of carbonyl (C=O) groups excluding carboxylic acids is 4. The smallest absolute Gasteiger partial charge is 0.326 e. The molecule has 13 nitrogen and oxygen atoms in total. The van der Waals surface area contributed by atoms with E-state index in [-0.39, 0.29) is 25.2 Å². The average molecular weight is 488 g/mol. The van der Waals surface area contributed by atoms with E-state index >= 15 is 0 Å². The normalized spacial score (nSPS) is 15.4. The summed E-state index contributed by atoms with van der Waals surface area (Å²) >= 11 is 0. The SMILES string of the molecule is CCC(C)C(NC(=O)C(CC(=O)O)NC(=O)C(CC(C)C)NC(=O)C(N)CCC(N)=O)C(=O)O. The standard InChI is InChI=1S/C21H37N5O8/c1-5-11(4)17(21(33)34)26-20(32)14(9-16(28)29)25-19(31)13(8-10(2)3)24-18(30)12(22)6-7-15(23)27/h10-14,17H,5-9,22H2,1-4H3,(H2,23,27)(H,24,30)(H,25,31)(H,26,32)(H,28,29)(H,33,34). The molecular weight excluding hydrogens is 450 g/mol. The van der Waals surface area contributed by atoms with Crippen molar-refractivity contribution in [3.8, 4) is 0 Å². The van der Waals surface area contributed by atoms with Crippen LogP contribution in [0.4, 0.5) is 0 Å². The third kappa shape index (κ3) is 11.6. The number of carboxylic acid groups (broad SMARTS) is 2. The van der Waals surface area contributed by atoms with Gasteiger partial charge in [0, 0.05) is 6.42 Å². The van der Waals surface area contributed by atoms with Gasteiger partial charge in [-0.2, -0.15) is 0 Å². The molecule has 0 bridgehead atoms. The predicted octanol–water partition coefficient (Wildman–Crippen LogP) is -1.31. The Balaban J connectivity index is 5.54. The maximum Gasteiger partial charge on any atom is 0.326 e. The van der Waals surface area contributed by atoms with Crippen LogP contribution in [-0.4, -0.2) is 69.9 Å². The highest BCUT2D eigenvalue weighted by atomic mass is 16.4. The highest BCUT2D eigenvalue weighted by Crippen LogP contribution is 2.10. The second kappa shape index (κ2) is 14.8. The van der Waals surface area contributed by atoms with Crippen molar-refractivity contribution in [2.75, 3.05) is 0 Å². The van der Waals surface area contributed by atoms with E-state index in [1.54, 1.807) is 27.7 Å². The molecule has 0 aliphatic heterocycles. The minimum absolute atomic E-state index is 0.0343. The van der Waals surface area contributed by atoms with Gasteiger partial charge < -0.3 is 37.6 Å². The van der Waals surface area contributed by atoms with Crippen LogP contribution in [0.5, 0.6) is 0 Å². The molecule has 9 N–H and O–H groups in total. The van der Waals surface area contributed by atoms with Gasteiger partial charge in [0.2, 0.25) is 23.6 Å². The molecule has 0 aliphatic rings. The fraction of sp³-hybridized carbons (Fsp3) is 0.714. The molecule has 0 rings (SSSR count). The zero-order chi connectivity index (χ0) is 26.6. The van der Waals surface area contributed by atoms with Crippen molar-refractivity contribution >= 4 is 35.6 Å². The summed E-state index contributed by atoms with van der Waals surface area (Å²) in [4.78, 5) is 71.6. The van der Waals surface area contributed by atoms with E-state index < -0.39 is 72.1 Å². The van der Waals surface area contributed by atoms with Gasteiger partial charge in [0.15, 0.2) is 0 Å². The number of nitrogens with two attached hydrogens (primary N) is 2. The van der Waals surface area contributed by atoms with Crippen LogP contribution in [0.15, 0.2) is 0 Å². The summed E-state index contributed by atoms with van der Waals surface area (Å²) in [6.45, 7) is 6.91. The molecule has 194 valence electrons. The molecule has 34 heavy (non-hydrogen) atoms. The van der Waals surface area contributed by atoms with Crippen LogP contribution in [0.2, 0.25) is 0 Å². The van der Waals surface area contributed by atoms with Gasteiger partial charge in [-0.05, 0) is 24.7 Å². The van der Waals surface area contributed by atoms with Gasteiger partial charge in [-0.25, -0.2) is 4.79 Å². The fourth-order valence-corrected chi connectivity index (χ4v) is 3.00. The van der Waals surface area contributed by atoms with Crippen LogP contribution >= 0.6 is 0 Å². The average Bonchev–Trinajstić information content (AvgIpc) is 2.72. The fourth-order valence-electron chi connectivity index (χ4n) is 3.00. The highest BCUT2D eigenvalue weighted by Gasteiger charge is 2.33. The molecule has 0 radical (unpaired) electrons. The number of nitrogens with one attached hydrogen (secondary N) is 3. The largest absolute Gasteiger partial charge is 0.481 e. The van der Waals surface area contributed by atoms with Crippen molar-refractivity contribution < 1.29 is 39.0 Å². The molecule has 0 spiro atoms. The lowest BCUT2D eigenvalue weighted by Crippen LogP contribution is -2.58. The number of hydrogen-bond acceptors (Lipinski definition) is 7. The van der Waals surface area contributed by atoms with Crippen molar-refractivity contribution in [1.29, 1.82) is 0 Å². The Bertz CT molecular complexity index is 757. The number of carboxylic acids is 2. The van der Waals surface area contributed by atoms with Gasteiger partial charge in [-0.1, -0.05) is 34.1 Å². The highest BCUT2D eigenvalue weighted by molar-refractivity contribution is 5.95. The van der Waals surface area contributed by atoms with Gasteiger partial charge in [0.25, 0.3) is 0 Å². The monoisotopic (exact) mass is 487 g/mol. The summed E-state index contributed by atoms with van der Waals surface area (Å²) in [6.07, 6.45) is -0.381. The van der Waals surface area contributed by atoms with Gasteiger partial charge in [0.1, 0.15) is 18.1 Å². The first-order valence-electron chi connectivity index (χ1n) is 11.1. The Morgan fingerprint density at radius 2 is 1.38 bits per heavy atom. The van der Waals surface area contributed by atoms with E-state index in [9.17, 15) is 39.0 Å². The molecule has 5 atom stereocenters. The van der Waals surface area contributed by atoms with Gasteiger partial charge in [0.05, 0.1) is 12.5 Å². The molecule has 0 aromatic heterocycles. The summed E-state index contributed by atoms with van der Waals surface area (Å²) in [5.41, 5.74) is 10.8. The van der Waals surface area contributed by atoms with Crippen LogP contribution in [0.25, 0.3) is 0 Å². The maximum absolute atomic E-state index is 12.9. The molecule has 0 fully saturated rings. The molecular formula is C21H37N5O8. The molecule has 4 amide bonds. The van der Waals surface area contributed by atoms with Crippen LogP contribution in [-0.2, 0) is 28.8 Å². The zero-order valence-corrected chi connectivity index (χ0v) is 20.0. The van der Waals surface area contributed by atoms with E-state index in [1.807, 2.05) is 0 Å². The van der Waals surface area contributed by atoms with Crippen molar-refractivity contribution in [3.63, 3.8) is 0 Å². The first kappa shape index (κ1) is 30.8. The molecule has 0 aromatic carbocycles. The van der Waals surface area contributed by atoms with E-state index in [1.165, 1.54) is 0 Å². The number of amides is 4. The van der Waals surface area contributed by atoms with E-state index in [2.05, 4.69) is 16.0 Å². The summed E-state index contributed by atoms with van der Waals surface area (Å²) in [6, 6.07) is -5.12. The quantitative estimate of drug-likeness (QED) is 0.137. The Kier molecular flexibility index (Phi) is 13.4. The van der Waals surface area contributed by atoms with Gasteiger partial charge in [-0.15, -0.1) is 0 Å². The third-order valence-corrected chi connectivity index (χ3v) is 5.17. The predicted molar refractivity (Wildman–Crippen MR) is 121 cm³/mol. The number of aliphatic carboxylic acids is 2. The molecule has 0 heterocycles. The second-order valence-electron chi connectivity index (χ2n) is 8.67. The topological polar surface area (TPSA) is 231 Å². The van der Waals surface area contributed by atoms with E-state index in [4.69, 9.17) is 11.5 Å². The van der Waals surface area contributed by atoms with Crippen LogP contribution in [0.3, 0.4) is 0 Å². The Labute approximate surface area is 198 Å². The minimum atomic E-state index is -1.58. The summed E-state index contributed by atoms with van der Waals surface area (Å²) < 4.78 is 0. The van der Waals surface area contributed by atoms with Crippen molar-refractivity contribution in [3.05, 3.63) is 0 Å². The van der Waals surface area contributed by atoms with Crippen LogP contribution in [0.1, 0.15) is 59.8 Å². The molecule has 5 unspecified atom stereocenters. The minimum Gasteiger partial charge on any atom is -0.481 e. The Morgan fingerprint density at radius 3 is 1.82 bits per heavy atom. The third-order valence-electron chi connectivity index (χ3n) is 5.17. The second-order valence-corrected chi connectivity index (χ2v) is 8.67. The van der Waals surface area contributed by atoms with Crippen molar-refractivity contribution in [1.82, 2.24) is 16.0 Å². The lowest BCUT2D eigenvalue weighted by molar-refractivity contribution is -0.144. The number of carbonyl (C=O) groups is 6. The van der Waals surface area contributed by atoms with Crippen molar-refractivity contribution in [2.24, 2.45) is 23.3 Å². The van der Waals surface area contributed by atoms with E-state index in [0.29, 0.717) is 6.42 Å². The number of rotatable bonds is 16. The van der Waals surface area contributed by atoms with Crippen molar-refractivity contribution in [2.45, 2.75) is 84.0 Å². The summed E-state index contributed by atoms with van der Waals surface area (Å²) in [5, 5.41) is 25.6. The first-order valence-corrected chi connectivity index (χ1v) is 11.1. The van der Waals surface area contributed by atoms with Gasteiger partial charge in [-0.3, -0.25) is 24.0 Å². The maximum atomic E-state index is 12.9.